The predicted molar refractivity (Wildman–Crippen MR) is 104 cm³/mol. The highest BCUT2D eigenvalue weighted by Gasteiger charge is 1.92. The van der Waals surface area contributed by atoms with Crippen LogP contribution in [0.15, 0.2) is 70.5 Å². The zero-order valence-corrected chi connectivity index (χ0v) is 14.8. The number of thioether (sulfide) groups is 2. The Labute approximate surface area is 142 Å². The van der Waals surface area contributed by atoms with Gasteiger partial charge in [-0.15, -0.1) is 23.5 Å². The van der Waals surface area contributed by atoms with Gasteiger partial charge in [-0.05, 0) is 46.9 Å². The third-order valence-electron chi connectivity index (χ3n) is 3.07. The molecule has 0 atom stereocenters. The van der Waals surface area contributed by atoms with E-state index in [1.54, 1.807) is 0 Å². The van der Waals surface area contributed by atoms with Gasteiger partial charge >= 0.3 is 0 Å². The minimum absolute atomic E-state index is 1.12. The van der Waals surface area contributed by atoms with Crippen LogP contribution < -0.4 is 0 Å². The van der Waals surface area contributed by atoms with Crippen LogP contribution in [0.5, 0.6) is 0 Å². The molecule has 0 saturated heterocycles. The van der Waals surface area contributed by atoms with Gasteiger partial charge in [0.2, 0.25) is 0 Å². The third kappa shape index (κ3) is 5.78. The van der Waals surface area contributed by atoms with Crippen LogP contribution in [0.2, 0.25) is 0 Å². The summed E-state index contributed by atoms with van der Waals surface area (Å²) < 4.78 is 0. The molecule has 0 aliphatic rings. The topological polar surface area (TPSA) is 0 Å². The summed E-state index contributed by atoms with van der Waals surface area (Å²) in [6, 6.07) is 17.4. The molecule has 22 heavy (non-hydrogen) atoms. The number of hydrogen-bond acceptors (Lipinski definition) is 2. The number of allylic oxidation sites excluding steroid dienone is 2. The smallest absolute Gasteiger partial charge is 0.00722 e. The van der Waals surface area contributed by atoms with E-state index in [2.05, 4.69) is 86.7 Å². The van der Waals surface area contributed by atoms with Crippen molar-refractivity contribution in [2.45, 2.75) is 23.6 Å². The van der Waals surface area contributed by atoms with Crippen LogP contribution in [0, 0.1) is 0 Å². The van der Waals surface area contributed by atoms with Gasteiger partial charge in [-0.2, -0.15) is 0 Å². The third-order valence-corrected chi connectivity index (χ3v) is 4.86. The summed E-state index contributed by atoms with van der Waals surface area (Å²) in [5, 5.41) is 0. The van der Waals surface area contributed by atoms with Gasteiger partial charge in [-0.25, -0.2) is 0 Å². The molecule has 2 aromatic carbocycles. The van der Waals surface area contributed by atoms with Crippen LogP contribution in [0.4, 0.5) is 0 Å². The second-order valence-electron chi connectivity index (χ2n) is 4.72. The number of benzene rings is 2. The fourth-order valence-electron chi connectivity index (χ4n) is 2.02. The van der Waals surface area contributed by atoms with Crippen LogP contribution >= 0.6 is 23.5 Å². The molecule has 2 heteroatoms. The molecule has 0 radical (unpaired) electrons. The molecule has 0 aromatic heterocycles. The fourth-order valence-corrected chi connectivity index (χ4v) is 3.34. The van der Waals surface area contributed by atoms with Gasteiger partial charge < -0.3 is 0 Å². The first-order chi connectivity index (χ1) is 10.8. The maximum atomic E-state index is 2.18. The van der Waals surface area contributed by atoms with Gasteiger partial charge in [0.25, 0.3) is 0 Å². The molecule has 0 amide bonds. The number of hydrogen-bond donors (Lipinski definition) is 0. The summed E-state index contributed by atoms with van der Waals surface area (Å²) in [6.45, 7) is 4.35. The van der Waals surface area contributed by atoms with Crippen molar-refractivity contribution < 1.29 is 0 Å². The predicted octanol–water partition coefficient (Wildman–Crippen LogP) is 6.64. The van der Waals surface area contributed by atoms with Gasteiger partial charge in [0, 0.05) is 9.79 Å². The van der Waals surface area contributed by atoms with E-state index in [0.29, 0.717) is 0 Å². The molecular weight excluding hydrogens is 304 g/mol. The molecule has 0 bridgehead atoms. The van der Waals surface area contributed by atoms with E-state index in [1.165, 1.54) is 20.9 Å². The zero-order valence-electron chi connectivity index (χ0n) is 13.2. The lowest BCUT2D eigenvalue weighted by Crippen LogP contribution is -1.75. The summed E-state index contributed by atoms with van der Waals surface area (Å²) >= 11 is 3.75. The molecule has 0 nitrogen and oxygen atoms in total. The Morgan fingerprint density at radius 1 is 0.636 bits per heavy atom. The summed E-state index contributed by atoms with van der Waals surface area (Å²) in [5.74, 6) is 2.24. The van der Waals surface area contributed by atoms with Gasteiger partial charge in [0.15, 0.2) is 0 Å². The molecule has 114 valence electrons. The maximum Gasteiger partial charge on any atom is 0.00722 e. The molecule has 0 N–H and O–H groups in total. The lowest BCUT2D eigenvalue weighted by atomic mass is 10.2. The Balaban J connectivity index is 1.90. The van der Waals surface area contributed by atoms with E-state index in [9.17, 15) is 0 Å². The minimum Gasteiger partial charge on any atom is -0.126 e. The van der Waals surface area contributed by atoms with Crippen LogP contribution in [0.25, 0.3) is 12.2 Å². The quantitative estimate of drug-likeness (QED) is 0.413. The van der Waals surface area contributed by atoms with E-state index in [0.717, 1.165) is 11.5 Å². The Morgan fingerprint density at radius 3 is 1.32 bits per heavy atom. The molecule has 2 aromatic rings. The highest BCUT2D eigenvalue weighted by Crippen LogP contribution is 2.19. The summed E-state index contributed by atoms with van der Waals surface area (Å²) in [4.78, 5) is 2.67. The molecule has 0 aliphatic carbocycles. The summed E-state index contributed by atoms with van der Waals surface area (Å²) in [6.07, 6.45) is 8.46. The largest absolute Gasteiger partial charge is 0.126 e. The SMILES string of the molecule is CCSc1ccc(/C=C/C=C/c2ccc(SCC)cc2)cc1. The first-order valence-electron chi connectivity index (χ1n) is 7.62. The van der Waals surface area contributed by atoms with E-state index in [-0.39, 0.29) is 0 Å². The Hall–Kier alpha value is -1.38. The van der Waals surface area contributed by atoms with Gasteiger partial charge in [0.05, 0.1) is 0 Å². The number of rotatable bonds is 7. The van der Waals surface area contributed by atoms with Gasteiger partial charge in [0.1, 0.15) is 0 Å². The van der Waals surface area contributed by atoms with Crippen molar-refractivity contribution in [3.8, 4) is 0 Å². The monoisotopic (exact) mass is 326 g/mol. The Morgan fingerprint density at radius 2 is 1.00 bits per heavy atom. The van der Waals surface area contributed by atoms with Crippen molar-refractivity contribution in [1.82, 2.24) is 0 Å². The van der Waals surface area contributed by atoms with E-state index in [1.807, 2.05) is 23.5 Å². The average Bonchev–Trinajstić information content (AvgIpc) is 2.55. The molecule has 0 unspecified atom stereocenters. The van der Waals surface area contributed by atoms with Crippen molar-refractivity contribution in [3.05, 3.63) is 71.8 Å². The van der Waals surface area contributed by atoms with Crippen LogP contribution in [0.1, 0.15) is 25.0 Å². The molecule has 0 saturated carbocycles. The van der Waals surface area contributed by atoms with Gasteiger partial charge in [-0.1, -0.05) is 62.4 Å². The average molecular weight is 327 g/mol. The van der Waals surface area contributed by atoms with E-state index < -0.39 is 0 Å². The van der Waals surface area contributed by atoms with E-state index >= 15 is 0 Å². The second kappa shape index (κ2) is 9.60. The van der Waals surface area contributed by atoms with Crippen molar-refractivity contribution in [3.63, 3.8) is 0 Å². The lowest BCUT2D eigenvalue weighted by Gasteiger charge is -1.99. The molecule has 2 rings (SSSR count). The van der Waals surface area contributed by atoms with E-state index in [4.69, 9.17) is 0 Å². The Bertz CT molecular complexity index is 550. The normalized spacial score (nSPS) is 11.5. The second-order valence-corrected chi connectivity index (χ2v) is 7.40. The minimum atomic E-state index is 1.12. The van der Waals surface area contributed by atoms with Gasteiger partial charge in [-0.3, -0.25) is 0 Å². The summed E-state index contributed by atoms with van der Waals surface area (Å²) in [7, 11) is 0. The first-order valence-corrected chi connectivity index (χ1v) is 9.59. The zero-order chi connectivity index (χ0) is 15.6. The lowest BCUT2D eigenvalue weighted by molar-refractivity contribution is 1.42. The first kappa shape index (κ1) is 17.0. The summed E-state index contributed by atoms with van der Waals surface area (Å²) in [5.41, 5.74) is 2.47. The molecule has 0 aliphatic heterocycles. The molecule has 0 spiro atoms. The molecule has 0 fully saturated rings. The fraction of sp³-hybridized carbons (Fsp3) is 0.200. The molecule has 0 heterocycles. The van der Waals surface area contributed by atoms with Crippen LogP contribution in [-0.4, -0.2) is 11.5 Å². The van der Waals surface area contributed by atoms with Crippen LogP contribution in [0.3, 0.4) is 0 Å². The van der Waals surface area contributed by atoms with Crippen molar-refractivity contribution in [1.29, 1.82) is 0 Å². The van der Waals surface area contributed by atoms with Crippen molar-refractivity contribution in [2.24, 2.45) is 0 Å². The van der Waals surface area contributed by atoms with Crippen LogP contribution in [-0.2, 0) is 0 Å². The standard InChI is InChI=1S/C20H22S2/c1-3-21-19-13-9-17(10-14-19)7-5-6-8-18-11-15-20(16-12-18)22-4-2/h5-16H,3-4H2,1-2H3/b7-5+,8-6+. The molecular formula is C20H22S2. The van der Waals surface area contributed by atoms with Crippen molar-refractivity contribution >= 4 is 35.7 Å². The highest BCUT2D eigenvalue weighted by molar-refractivity contribution is 7.99. The maximum absolute atomic E-state index is 2.18. The Kier molecular flexibility index (Phi) is 7.41. The highest BCUT2D eigenvalue weighted by atomic mass is 32.2. The van der Waals surface area contributed by atoms with Crippen molar-refractivity contribution in [2.75, 3.05) is 11.5 Å².